The first kappa shape index (κ1) is 15.5. The van der Waals surface area contributed by atoms with E-state index in [0.717, 1.165) is 12.8 Å². The van der Waals surface area contributed by atoms with Crippen molar-refractivity contribution in [1.29, 1.82) is 0 Å². The van der Waals surface area contributed by atoms with E-state index < -0.39 is 12.0 Å². The summed E-state index contributed by atoms with van der Waals surface area (Å²) in [5, 5.41) is 8.77. The van der Waals surface area contributed by atoms with Crippen molar-refractivity contribution in [3.05, 3.63) is 0 Å². The molecule has 1 saturated carbocycles. The number of carboxylic acids is 1. The van der Waals surface area contributed by atoms with Crippen LogP contribution >= 0.6 is 11.8 Å². The van der Waals surface area contributed by atoms with E-state index >= 15 is 0 Å². The zero-order chi connectivity index (χ0) is 13.9. The Morgan fingerprint density at radius 1 is 1.56 bits per heavy atom. The van der Waals surface area contributed by atoms with Crippen molar-refractivity contribution < 1.29 is 14.7 Å². The average molecular weight is 273 g/mol. The van der Waals surface area contributed by atoms with E-state index in [1.54, 1.807) is 0 Å². The lowest BCUT2D eigenvalue weighted by molar-refractivity contribution is -0.137. The zero-order valence-corrected chi connectivity index (χ0v) is 12.1. The molecule has 18 heavy (non-hydrogen) atoms. The SMILES string of the molecule is C[C@@H]1CC[C@H](C(C)(C)SC[C@H](N)C(=O)O)C(=O)C1. The first-order chi connectivity index (χ1) is 8.24. The monoisotopic (exact) mass is 273 g/mol. The van der Waals surface area contributed by atoms with Crippen molar-refractivity contribution in [1.82, 2.24) is 0 Å². The van der Waals surface area contributed by atoms with Crippen LogP contribution in [0.15, 0.2) is 0 Å². The molecule has 0 spiro atoms. The molecule has 0 heterocycles. The number of hydrogen-bond acceptors (Lipinski definition) is 4. The summed E-state index contributed by atoms with van der Waals surface area (Å²) in [6, 6.07) is -0.855. The highest BCUT2D eigenvalue weighted by molar-refractivity contribution is 8.00. The van der Waals surface area contributed by atoms with Crippen molar-refractivity contribution in [2.75, 3.05) is 5.75 Å². The molecule has 1 aliphatic rings. The van der Waals surface area contributed by atoms with Gasteiger partial charge in [0.25, 0.3) is 0 Å². The minimum absolute atomic E-state index is 0.0275. The average Bonchev–Trinajstić information content (AvgIpc) is 2.25. The fraction of sp³-hybridized carbons (Fsp3) is 0.846. The summed E-state index contributed by atoms with van der Waals surface area (Å²) in [5.74, 6) is 0.189. The summed E-state index contributed by atoms with van der Waals surface area (Å²) in [5.41, 5.74) is 5.50. The second kappa shape index (κ2) is 6.06. The summed E-state index contributed by atoms with van der Waals surface area (Å²) in [7, 11) is 0. The van der Waals surface area contributed by atoms with Crippen LogP contribution in [0, 0.1) is 11.8 Å². The Morgan fingerprint density at radius 3 is 2.67 bits per heavy atom. The molecule has 3 N–H and O–H groups in total. The molecule has 1 fully saturated rings. The zero-order valence-electron chi connectivity index (χ0n) is 11.3. The predicted molar refractivity (Wildman–Crippen MR) is 73.7 cm³/mol. The van der Waals surface area contributed by atoms with Crippen molar-refractivity contribution in [2.45, 2.75) is 50.8 Å². The van der Waals surface area contributed by atoms with Crippen LogP contribution in [-0.2, 0) is 9.59 Å². The van der Waals surface area contributed by atoms with Gasteiger partial charge in [-0.05, 0) is 32.6 Å². The highest BCUT2D eigenvalue weighted by Gasteiger charge is 2.38. The van der Waals surface area contributed by atoms with Crippen molar-refractivity contribution >= 4 is 23.5 Å². The van der Waals surface area contributed by atoms with Gasteiger partial charge in [-0.15, -0.1) is 0 Å². The third-order valence-electron chi connectivity index (χ3n) is 3.68. The van der Waals surface area contributed by atoms with Crippen molar-refractivity contribution in [2.24, 2.45) is 17.6 Å². The van der Waals surface area contributed by atoms with Gasteiger partial charge in [0.2, 0.25) is 0 Å². The third kappa shape index (κ3) is 3.99. The largest absolute Gasteiger partial charge is 0.480 e. The maximum atomic E-state index is 12.1. The summed E-state index contributed by atoms with van der Waals surface area (Å²) >= 11 is 1.50. The number of hydrogen-bond donors (Lipinski definition) is 2. The smallest absolute Gasteiger partial charge is 0.321 e. The van der Waals surface area contributed by atoms with E-state index in [1.807, 2.05) is 13.8 Å². The standard InChI is InChI=1S/C13H23NO3S/c1-8-4-5-9(11(15)6-8)13(2,3)18-7-10(14)12(16)17/h8-10H,4-7,14H2,1-3H3,(H,16,17)/t8-,9+,10+/m1/s1. The molecule has 0 radical (unpaired) electrons. The molecule has 1 rings (SSSR count). The predicted octanol–water partition coefficient (Wildman–Crippen LogP) is 1.92. The summed E-state index contributed by atoms with van der Waals surface area (Å²) < 4.78 is -0.232. The quantitative estimate of drug-likeness (QED) is 0.800. The highest BCUT2D eigenvalue weighted by atomic mass is 32.2. The number of Topliss-reactive ketones (excluding diaryl/α,β-unsaturated/α-hetero) is 1. The molecule has 0 aromatic rings. The molecule has 0 saturated heterocycles. The van der Waals surface area contributed by atoms with Crippen LogP contribution in [0.5, 0.6) is 0 Å². The number of nitrogens with two attached hydrogens (primary N) is 1. The summed E-state index contributed by atoms with van der Waals surface area (Å²) in [6.07, 6.45) is 2.63. The van der Waals surface area contributed by atoms with E-state index in [4.69, 9.17) is 10.8 Å². The number of carbonyl (C=O) groups excluding carboxylic acids is 1. The fourth-order valence-corrected chi connectivity index (χ4v) is 3.61. The third-order valence-corrected chi connectivity index (χ3v) is 5.23. The fourth-order valence-electron chi connectivity index (χ4n) is 2.41. The molecule has 0 unspecified atom stereocenters. The lowest BCUT2D eigenvalue weighted by Crippen LogP contribution is -2.40. The van der Waals surface area contributed by atoms with Crippen molar-refractivity contribution in [3.8, 4) is 0 Å². The molecule has 0 aromatic carbocycles. The van der Waals surface area contributed by atoms with Gasteiger partial charge < -0.3 is 10.8 Å². The van der Waals surface area contributed by atoms with E-state index in [-0.39, 0.29) is 10.7 Å². The van der Waals surface area contributed by atoms with E-state index in [2.05, 4.69) is 6.92 Å². The molecule has 3 atom stereocenters. The second-order valence-electron chi connectivity index (χ2n) is 5.76. The normalized spacial score (nSPS) is 27.0. The van der Waals surface area contributed by atoms with E-state index in [1.165, 1.54) is 11.8 Å². The first-order valence-electron chi connectivity index (χ1n) is 6.39. The maximum Gasteiger partial charge on any atom is 0.321 e. The second-order valence-corrected chi connectivity index (χ2v) is 7.44. The molecule has 5 heteroatoms. The van der Waals surface area contributed by atoms with Gasteiger partial charge in [0.1, 0.15) is 11.8 Å². The van der Waals surface area contributed by atoms with Gasteiger partial charge in [-0.2, -0.15) is 11.8 Å². The summed E-state index contributed by atoms with van der Waals surface area (Å²) in [6.45, 7) is 6.14. The molecule has 104 valence electrons. The highest BCUT2D eigenvalue weighted by Crippen LogP contribution is 2.40. The van der Waals surface area contributed by atoms with Gasteiger partial charge in [-0.1, -0.05) is 6.92 Å². The van der Waals surface area contributed by atoms with Gasteiger partial charge >= 0.3 is 5.97 Å². The maximum absolute atomic E-state index is 12.1. The Kier molecular flexibility index (Phi) is 5.22. The minimum Gasteiger partial charge on any atom is -0.480 e. The van der Waals surface area contributed by atoms with Gasteiger partial charge in [0.15, 0.2) is 0 Å². The molecule has 0 aromatic heterocycles. The Balaban J connectivity index is 2.57. The first-order valence-corrected chi connectivity index (χ1v) is 7.37. The summed E-state index contributed by atoms with van der Waals surface area (Å²) in [4.78, 5) is 22.8. The van der Waals surface area contributed by atoms with Crippen LogP contribution in [0.2, 0.25) is 0 Å². The van der Waals surface area contributed by atoms with Crippen LogP contribution in [0.1, 0.15) is 40.0 Å². The molecule has 0 bridgehead atoms. The van der Waals surface area contributed by atoms with Gasteiger partial charge in [0.05, 0.1) is 0 Å². The van der Waals surface area contributed by atoms with Gasteiger partial charge in [0, 0.05) is 22.8 Å². The Bertz CT molecular complexity index is 330. The van der Waals surface area contributed by atoms with Crippen LogP contribution < -0.4 is 5.73 Å². The Hall–Kier alpha value is -0.550. The Labute approximate surface area is 113 Å². The molecule has 0 amide bonds. The lowest BCUT2D eigenvalue weighted by Gasteiger charge is -2.37. The minimum atomic E-state index is -0.984. The van der Waals surface area contributed by atoms with E-state index in [9.17, 15) is 9.59 Å². The topological polar surface area (TPSA) is 80.4 Å². The number of carbonyl (C=O) groups is 2. The van der Waals surface area contributed by atoms with Crippen LogP contribution in [0.3, 0.4) is 0 Å². The Morgan fingerprint density at radius 2 is 2.17 bits per heavy atom. The van der Waals surface area contributed by atoms with Crippen LogP contribution in [0.25, 0.3) is 0 Å². The number of carboxylic acid groups (broad SMARTS) is 1. The van der Waals surface area contributed by atoms with Gasteiger partial charge in [-0.25, -0.2) is 0 Å². The number of rotatable bonds is 5. The molecule has 1 aliphatic carbocycles. The van der Waals surface area contributed by atoms with E-state index in [0.29, 0.717) is 23.9 Å². The van der Waals surface area contributed by atoms with Crippen molar-refractivity contribution in [3.63, 3.8) is 0 Å². The molecule has 4 nitrogen and oxygen atoms in total. The van der Waals surface area contributed by atoms with Crippen LogP contribution in [0.4, 0.5) is 0 Å². The number of aliphatic carboxylic acids is 1. The van der Waals surface area contributed by atoms with Gasteiger partial charge in [-0.3, -0.25) is 9.59 Å². The number of thioether (sulfide) groups is 1. The lowest BCUT2D eigenvalue weighted by atomic mass is 9.76. The van der Waals surface area contributed by atoms with Crippen LogP contribution in [-0.4, -0.2) is 33.4 Å². The molecular formula is C13H23NO3S. The molecular weight excluding hydrogens is 250 g/mol. The number of ketones is 1. The molecule has 0 aliphatic heterocycles.